The zero-order valence-electron chi connectivity index (χ0n) is 8.45. The monoisotopic (exact) mass is 212 g/mol. The van der Waals surface area contributed by atoms with Gasteiger partial charge in [-0.2, -0.15) is 11.8 Å². The topological polar surface area (TPSA) is 52.0 Å². The van der Waals surface area contributed by atoms with Crippen molar-refractivity contribution in [2.75, 3.05) is 11.5 Å². The molecule has 0 aliphatic carbocycles. The second-order valence-electron chi connectivity index (χ2n) is 3.64. The van der Waals surface area contributed by atoms with E-state index in [1.165, 1.54) is 24.3 Å². The maximum Gasteiger partial charge on any atom is 0.208 e. The van der Waals surface area contributed by atoms with Crippen LogP contribution in [0.2, 0.25) is 0 Å². The first kappa shape index (κ1) is 10.1. The molecule has 1 aliphatic heterocycles. The number of rotatable bonds is 2. The van der Waals surface area contributed by atoms with E-state index in [1.807, 2.05) is 18.7 Å². The number of hydrogen-bond donors (Lipinski definition) is 1. The highest BCUT2D eigenvalue weighted by Gasteiger charge is 2.21. The van der Waals surface area contributed by atoms with E-state index in [0.29, 0.717) is 18.4 Å². The molecule has 0 atom stereocenters. The van der Waals surface area contributed by atoms with Crippen LogP contribution in [0, 0.1) is 6.92 Å². The summed E-state index contributed by atoms with van der Waals surface area (Å²) < 4.78 is 5.47. The fraction of sp³-hybridized carbons (Fsp3) is 0.700. The van der Waals surface area contributed by atoms with Crippen LogP contribution in [0.25, 0.3) is 0 Å². The summed E-state index contributed by atoms with van der Waals surface area (Å²) in [6.45, 7) is 2.39. The molecule has 2 N–H and O–H groups in total. The Morgan fingerprint density at radius 3 is 2.79 bits per heavy atom. The maximum atomic E-state index is 5.50. The van der Waals surface area contributed by atoms with Crippen molar-refractivity contribution in [1.29, 1.82) is 0 Å². The van der Waals surface area contributed by atoms with E-state index in [4.69, 9.17) is 10.2 Å². The summed E-state index contributed by atoms with van der Waals surface area (Å²) in [5.74, 6) is 4.72. The molecule has 4 heteroatoms. The zero-order chi connectivity index (χ0) is 9.97. The molecule has 0 aromatic carbocycles. The lowest BCUT2D eigenvalue weighted by Gasteiger charge is -2.19. The molecule has 1 aromatic rings. The molecule has 1 fully saturated rings. The Labute approximate surface area is 88.5 Å². The summed E-state index contributed by atoms with van der Waals surface area (Å²) in [7, 11) is 0. The highest BCUT2D eigenvalue weighted by molar-refractivity contribution is 7.99. The third-order valence-electron chi connectivity index (χ3n) is 2.66. The first-order valence-corrected chi connectivity index (χ1v) is 6.20. The quantitative estimate of drug-likeness (QED) is 0.815. The highest BCUT2D eigenvalue weighted by Crippen LogP contribution is 2.32. The van der Waals surface area contributed by atoms with Gasteiger partial charge in [0.25, 0.3) is 0 Å². The maximum absolute atomic E-state index is 5.50. The molecule has 0 spiro atoms. The number of aromatic nitrogens is 1. The lowest BCUT2D eigenvalue weighted by atomic mass is 9.98. The molecule has 0 amide bonds. The van der Waals surface area contributed by atoms with Crippen LogP contribution in [0.3, 0.4) is 0 Å². The molecule has 0 bridgehead atoms. The molecule has 14 heavy (non-hydrogen) atoms. The summed E-state index contributed by atoms with van der Waals surface area (Å²) in [5.41, 5.74) is 6.65. The van der Waals surface area contributed by atoms with E-state index in [9.17, 15) is 0 Å². The van der Waals surface area contributed by atoms with Gasteiger partial charge in [0.15, 0.2) is 0 Å². The predicted molar refractivity (Wildman–Crippen MR) is 58.4 cm³/mol. The summed E-state index contributed by atoms with van der Waals surface area (Å²) in [6.07, 6.45) is 2.45. The van der Waals surface area contributed by atoms with Gasteiger partial charge in [-0.25, -0.2) is 4.98 Å². The van der Waals surface area contributed by atoms with Crippen molar-refractivity contribution in [2.45, 2.75) is 32.2 Å². The summed E-state index contributed by atoms with van der Waals surface area (Å²) in [5, 5.41) is 0. The van der Waals surface area contributed by atoms with E-state index >= 15 is 0 Å². The van der Waals surface area contributed by atoms with Crippen LogP contribution in [-0.2, 0) is 6.54 Å². The van der Waals surface area contributed by atoms with Gasteiger partial charge < -0.3 is 10.2 Å². The average Bonchev–Trinajstić information content (AvgIpc) is 2.61. The highest BCUT2D eigenvalue weighted by atomic mass is 32.2. The van der Waals surface area contributed by atoms with Gasteiger partial charge in [-0.15, -0.1) is 0 Å². The number of hydrogen-bond acceptors (Lipinski definition) is 4. The molecule has 2 rings (SSSR count). The second-order valence-corrected chi connectivity index (χ2v) is 4.86. The Bertz CT molecular complexity index is 305. The minimum absolute atomic E-state index is 0.405. The summed E-state index contributed by atoms with van der Waals surface area (Å²) in [4.78, 5) is 4.45. The van der Waals surface area contributed by atoms with Crippen molar-refractivity contribution in [2.24, 2.45) is 5.73 Å². The van der Waals surface area contributed by atoms with Crippen molar-refractivity contribution >= 4 is 11.8 Å². The molecule has 1 aromatic heterocycles. The standard InChI is InChI=1S/C10H16N2OS/c1-7-10(12-9(6-11)13-7)8-2-4-14-5-3-8/h8H,2-6,11H2,1H3. The van der Waals surface area contributed by atoms with Crippen LogP contribution in [-0.4, -0.2) is 16.5 Å². The number of nitrogens with two attached hydrogens (primary N) is 1. The normalized spacial score (nSPS) is 18.7. The van der Waals surface area contributed by atoms with Gasteiger partial charge in [0, 0.05) is 5.92 Å². The van der Waals surface area contributed by atoms with Gasteiger partial charge in [-0.05, 0) is 31.3 Å². The molecule has 0 unspecified atom stereocenters. The smallest absolute Gasteiger partial charge is 0.208 e. The summed E-state index contributed by atoms with van der Waals surface area (Å²) >= 11 is 2.03. The number of nitrogens with zero attached hydrogens (tertiary/aromatic N) is 1. The molecule has 2 heterocycles. The van der Waals surface area contributed by atoms with Crippen LogP contribution >= 0.6 is 11.8 Å². The SMILES string of the molecule is Cc1oc(CN)nc1C1CCSCC1. The fourth-order valence-electron chi connectivity index (χ4n) is 1.90. The van der Waals surface area contributed by atoms with Gasteiger partial charge >= 0.3 is 0 Å². The summed E-state index contributed by atoms with van der Waals surface area (Å²) in [6, 6.07) is 0. The lowest BCUT2D eigenvalue weighted by Crippen LogP contribution is -2.09. The number of aryl methyl sites for hydroxylation is 1. The molecule has 0 radical (unpaired) electrons. The Morgan fingerprint density at radius 1 is 1.50 bits per heavy atom. The number of oxazole rings is 1. The Balaban J connectivity index is 2.17. The van der Waals surface area contributed by atoms with Crippen LogP contribution in [0.15, 0.2) is 4.42 Å². The van der Waals surface area contributed by atoms with E-state index in [2.05, 4.69) is 4.98 Å². The minimum atomic E-state index is 0.405. The molecule has 3 nitrogen and oxygen atoms in total. The fourth-order valence-corrected chi connectivity index (χ4v) is 3.01. The molecule has 1 aliphatic rings. The van der Waals surface area contributed by atoms with Crippen molar-refractivity contribution < 1.29 is 4.42 Å². The Hall–Kier alpha value is -0.480. The molecular weight excluding hydrogens is 196 g/mol. The third-order valence-corrected chi connectivity index (χ3v) is 3.71. The Morgan fingerprint density at radius 2 is 2.21 bits per heavy atom. The van der Waals surface area contributed by atoms with Gasteiger partial charge in [0.2, 0.25) is 5.89 Å². The first-order valence-electron chi connectivity index (χ1n) is 5.05. The van der Waals surface area contributed by atoms with Crippen LogP contribution < -0.4 is 5.73 Å². The Kier molecular flexibility index (Phi) is 3.13. The third kappa shape index (κ3) is 1.96. The van der Waals surface area contributed by atoms with E-state index in [-0.39, 0.29) is 0 Å². The van der Waals surface area contributed by atoms with E-state index < -0.39 is 0 Å². The first-order chi connectivity index (χ1) is 6.81. The molecule has 0 saturated carbocycles. The largest absolute Gasteiger partial charge is 0.444 e. The van der Waals surface area contributed by atoms with Gasteiger partial charge in [-0.1, -0.05) is 0 Å². The van der Waals surface area contributed by atoms with Crippen LogP contribution in [0.1, 0.15) is 36.1 Å². The van der Waals surface area contributed by atoms with Crippen molar-refractivity contribution in [1.82, 2.24) is 4.98 Å². The zero-order valence-corrected chi connectivity index (χ0v) is 9.27. The van der Waals surface area contributed by atoms with Gasteiger partial charge in [-0.3, -0.25) is 0 Å². The van der Waals surface area contributed by atoms with Crippen LogP contribution in [0.5, 0.6) is 0 Å². The molecule has 1 saturated heterocycles. The van der Waals surface area contributed by atoms with E-state index in [1.54, 1.807) is 0 Å². The number of thioether (sulfide) groups is 1. The predicted octanol–water partition coefficient (Wildman–Crippen LogP) is 2.05. The minimum Gasteiger partial charge on any atom is -0.444 e. The van der Waals surface area contributed by atoms with Crippen molar-refractivity contribution in [3.8, 4) is 0 Å². The van der Waals surface area contributed by atoms with Gasteiger partial charge in [0.1, 0.15) is 5.76 Å². The van der Waals surface area contributed by atoms with Crippen LogP contribution in [0.4, 0.5) is 0 Å². The van der Waals surface area contributed by atoms with Crippen molar-refractivity contribution in [3.63, 3.8) is 0 Å². The molecular formula is C10H16N2OS. The second kappa shape index (κ2) is 4.36. The van der Waals surface area contributed by atoms with Crippen molar-refractivity contribution in [3.05, 3.63) is 17.3 Å². The average molecular weight is 212 g/mol. The molecule has 78 valence electrons. The van der Waals surface area contributed by atoms with E-state index in [0.717, 1.165) is 11.5 Å². The lowest BCUT2D eigenvalue weighted by molar-refractivity contribution is 0.470. The van der Waals surface area contributed by atoms with Gasteiger partial charge in [0.05, 0.1) is 12.2 Å².